The maximum absolute atomic E-state index is 14.9. The molecule has 2 aliphatic carbocycles. The molecule has 2 aromatic heterocycles. The van der Waals surface area contributed by atoms with Crippen LogP contribution in [-0.2, 0) is 33.5 Å². The van der Waals surface area contributed by atoms with E-state index in [2.05, 4.69) is 53.3 Å². The molecule has 4 aliphatic rings. The number of amides is 1. The van der Waals surface area contributed by atoms with Crippen LogP contribution in [0.1, 0.15) is 60.5 Å². The van der Waals surface area contributed by atoms with Gasteiger partial charge in [-0.1, -0.05) is 36.7 Å². The lowest BCUT2D eigenvalue weighted by molar-refractivity contribution is 0.0131. The summed E-state index contributed by atoms with van der Waals surface area (Å²) in [6.07, 6.45) is 11.7. The molecule has 11 nitrogen and oxygen atoms in total. The summed E-state index contributed by atoms with van der Waals surface area (Å²) in [6.45, 7) is 4.03. The SMILES string of the molecule is CO[C@H]1/C=C/C[C@H](C)CS(=O)(Nc2nc(Cl)nc3nn(C)cc23)=NC(=O)c2ccc3c(c2)N(C[C@@H]2CC[C@H]21)C[C@@]1(CCCc2cc(Cl)ccc21)CO3. The second kappa shape index (κ2) is 13.9. The molecule has 4 aromatic rings. The van der Waals surface area contributed by atoms with Crippen molar-refractivity contribution in [3.63, 3.8) is 0 Å². The molecule has 274 valence electrons. The van der Waals surface area contributed by atoms with Crippen LogP contribution in [-0.4, -0.2) is 68.5 Å². The number of fused-ring (bicyclic) bond motifs is 5. The molecule has 52 heavy (non-hydrogen) atoms. The molecule has 2 bridgehead atoms. The maximum atomic E-state index is 14.9. The number of nitrogens with one attached hydrogen (secondary N) is 1. The van der Waals surface area contributed by atoms with Crippen molar-refractivity contribution >= 4 is 61.6 Å². The van der Waals surface area contributed by atoms with Gasteiger partial charge in [-0.2, -0.15) is 15.1 Å². The minimum absolute atomic E-state index is 0.0461. The van der Waals surface area contributed by atoms with Crippen molar-refractivity contribution in [2.45, 2.75) is 57.0 Å². The van der Waals surface area contributed by atoms with Gasteiger partial charge in [-0.25, -0.2) is 4.21 Å². The van der Waals surface area contributed by atoms with Crippen molar-refractivity contribution in [1.29, 1.82) is 0 Å². The average molecular weight is 765 g/mol. The zero-order valence-corrected chi connectivity index (χ0v) is 31.9. The van der Waals surface area contributed by atoms with Gasteiger partial charge < -0.3 is 14.4 Å². The molecule has 1 N–H and O–H groups in total. The Bertz CT molecular complexity index is 2200. The highest BCUT2D eigenvalue weighted by Crippen LogP contribution is 2.47. The first-order valence-corrected chi connectivity index (χ1v) is 20.4. The van der Waals surface area contributed by atoms with E-state index < -0.39 is 15.8 Å². The summed E-state index contributed by atoms with van der Waals surface area (Å²) in [5.74, 6) is 1.07. The second-order valence-corrected chi connectivity index (χ2v) is 17.7. The Morgan fingerprint density at radius 1 is 1.13 bits per heavy atom. The van der Waals surface area contributed by atoms with E-state index in [1.807, 2.05) is 25.1 Å². The van der Waals surface area contributed by atoms with E-state index in [0.29, 0.717) is 41.5 Å². The van der Waals surface area contributed by atoms with Crippen LogP contribution in [0.3, 0.4) is 0 Å². The fraction of sp³-hybridized carbons (Fsp3) is 0.474. The van der Waals surface area contributed by atoms with Crippen LogP contribution in [0.2, 0.25) is 10.3 Å². The number of rotatable bonds is 3. The Morgan fingerprint density at radius 2 is 2.00 bits per heavy atom. The zero-order chi connectivity index (χ0) is 36.2. The van der Waals surface area contributed by atoms with Crippen molar-refractivity contribution in [3.05, 3.63) is 81.7 Å². The van der Waals surface area contributed by atoms with Gasteiger partial charge in [0.1, 0.15) is 15.7 Å². The minimum atomic E-state index is -3.43. The van der Waals surface area contributed by atoms with Crippen LogP contribution < -0.4 is 14.4 Å². The minimum Gasteiger partial charge on any atom is -0.490 e. The van der Waals surface area contributed by atoms with Crippen LogP contribution in [0.25, 0.3) is 11.0 Å². The molecule has 1 unspecified atom stereocenters. The maximum Gasteiger partial charge on any atom is 0.286 e. The number of carbonyl (C=O) groups excluding carboxylic acids is 1. The highest BCUT2D eigenvalue weighted by Gasteiger charge is 2.44. The van der Waals surface area contributed by atoms with Gasteiger partial charge in [-0.3, -0.25) is 14.2 Å². The van der Waals surface area contributed by atoms with Crippen LogP contribution in [0.4, 0.5) is 11.5 Å². The predicted octanol–water partition coefficient (Wildman–Crippen LogP) is 7.42. The van der Waals surface area contributed by atoms with Crippen molar-refractivity contribution in [2.75, 3.05) is 42.2 Å². The molecule has 0 radical (unpaired) electrons. The molecule has 8 rings (SSSR count). The normalized spacial score (nSPS) is 29.6. The fourth-order valence-corrected chi connectivity index (χ4v) is 10.9. The van der Waals surface area contributed by atoms with E-state index >= 15 is 0 Å². The van der Waals surface area contributed by atoms with Crippen LogP contribution in [0.15, 0.2) is 59.1 Å². The monoisotopic (exact) mass is 763 g/mol. The second-order valence-electron chi connectivity index (χ2n) is 14.9. The number of hydrogen-bond acceptors (Lipinski definition) is 8. The van der Waals surface area contributed by atoms with E-state index in [0.717, 1.165) is 61.7 Å². The predicted molar refractivity (Wildman–Crippen MR) is 205 cm³/mol. The first-order chi connectivity index (χ1) is 25.0. The van der Waals surface area contributed by atoms with Gasteiger partial charge >= 0.3 is 0 Å². The molecule has 1 saturated carbocycles. The summed E-state index contributed by atoms with van der Waals surface area (Å²) in [6, 6.07) is 11.7. The number of hydrogen-bond donors (Lipinski definition) is 1. The van der Waals surface area contributed by atoms with Gasteiger partial charge in [0, 0.05) is 49.4 Å². The Morgan fingerprint density at radius 3 is 2.81 bits per heavy atom. The van der Waals surface area contributed by atoms with Crippen molar-refractivity contribution in [2.24, 2.45) is 29.2 Å². The largest absolute Gasteiger partial charge is 0.490 e. The number of aryl methyl sites for hydroxylation is 2. The zero-order valence-electron chi connectivity index (χ0n) is 29.6. The molecule has 2 aromatic carbocycles. The van der Waals surface area contributed by atoms with E-state index in [9.17, 15) is 9.00 Å². The van der Waals surface area contributed by atoms with Crippen LogP contribution in [0.5, 0.6) is 5.75 Å². The van der Waals surface area contributed by atoms with E-state index in [1.54, 1.807) is 31.1 Å². The summed E-state index contributed by atoms with van der Waals surface area (Å²) in [7, 11) is 0.104. The number of benzene rings is 2. The highest BCUT2D eigenvalue weighted by atomic mass is 35.5. The Hall–Kier alpha value is -3.71. The highest BCUT2D eigenvalue weighted by molar-refractivity contribution is 7.95. The van der Waals surface area contributed by atoms with E-state index in [-0.39, 0.29) is 34.3 Å². The number of halogens is 2. The van der Waals surface area contributed by atoms with Gasteiger partial charge in [0.05, 0.1) is 29.5 Å². The van der Waals surface area contributed by atoms with Gasteiger partial charge in [0.25, 0.3) is 5.91 Å². The molecule has 0 saturated heterocycles. The molecule has 14 heteroatoms. The Labute approximate surface area is 314 Å². The third-order valence-corrected chi connectivity index (χ3v) is 13.6. The third-order valence-electron chi connectivity index (χ3n) is 11.2. The molecule has 2 aliphatic heterocycles. The first-order valence-electron chi connectivity index (χ1n) is 18.0. The number of nitrogens with zero attached hydrogens (tertiary/aromatic N) is 6. The third kappa shape index (κ3) is 6.79. The molecule has 1 fully saturated rings. The fourth-order valence-electron chi connectivity index (χ4n) is 8.59. The number of aromatic nitrogens is 4. The van der Waals surface area contributed by atoms with Gasteiger partial charge in [0.2, 0.25) is 5.28 Å². The van der Waals surface area contributed by atoms with Gasteiger partial charge in [-0.05, 0) is 109 Å². The van der Waals surface area contributed by atoms with Gasteiger partial charge in [-0.15, -0.1) is 4.36 Å². The topological polar surface area (TPSA) is 124 Å². The van der Waals surface area contributed by atoms with Crippen molar-refractivity contribution < 1.29 is 18.5 Å². The molecule has 6 atom stereocenters. The Balaban J connectivity index is 1.23. The standard InChI is InChI=1S/C38H43Cl2N7O4S/c1-23-6-4-8-32(50-3)28-12-9-26(28)18-47-21-38(15-5-7-24-16-27(39)11-13-30(24)38)22-51-33-14-10-25(17-31(33)47)36(48)45-52(49,20-23)44-35-29-19-46(2)43-34(29)41-37(40)42-35/h4,8,10-11,13-14,16-17,19,23,26,28,32H,5-7,9,12,15,18,20-22H2,1-3H3,(H,41,42,43,44,45,48,49)/b8-4+/t23-,26-,28+,32-,38-,52?/m0/s1. The number of carbonyl (C=O) groups is 1. The van der Waals surface area contributed by atoms with Crippen LogP contribution in [0, 0.1) is 17.8 Å². The van der Waals surface area contributed by atoms with Crippen molar-refractivity contribution in [1.82, 2.24) is 19.7 Å². The smallest absolute Gasteiger partial charge is 0.286 e. The lowest BCUT2D eigenvalue weighted by atomic mass is 9.68. The molecular weight excluding hydrogens is 721 g/mol. The summed E-state index contributed by atoms with van der Waals surface area (Å²) >= 11 is 12.7. The number of methoxy groups -OCH3 is 1. The van der Waals surface area contributed by atoms with Crippen LogP contribution >= 0.6 is 23.2 Å². The molecule has 4 heterocycles. The molecular formula is C38H43Cl2N7O4S. The average Bonchev–Trinajstić information content (AvgIpc) is 3.39. The summed E-state index contributed by atoms with van der Waals surface area (Å²) in [5.41, 5.74) is 3.82. The number of ether oxygens (including phenoxy) is 2. The Kier molecular flexibility index (Phi) is 9.46. The number of anilines is 2. The lowest BCUT2D eigenvalue weighted by Gasteiger charge is -2.46. The summed E-state index contributed by atoms with van der Waals surface area (Å²) < 4.78 is 36.7. The lowest BCUT2D eigenvalue weighted by Crippen LogP contribution is -2.49. The first kappa shape index (κ1) is 35.3. The summed E-state index contributed by atoms with van der Waals surface area (Å²) in [4.78, 5) is 25.1. The van der Waals surface area contributed by atoms with E-state index in [4.69, 9.17) is 32.7 Å². The molecule has 1 amide bonds. The van der Waals surface area contributed by atoms with Crippen molar-refractivity contribution in [3.8, 4) is 5.75 Å². The van der Waals surface area contributed by atoms with E-state index in [1.165, 1.54) is 11.1 Å². The van der Waals surface area contributed by atoms with Gasteiger partial charge in [0.15, 0.2) is 11.5 Å². The number of allylic oxidation sites excluding steroid dienone is 1. The molecule has 1 spiro atoms. The summed E-state index contributed by atoms with van der Waals surface area (Å²) in [5, 5.41) is 5.55. The quantitative estimate of drug-likeness (QED) is 0.169.